The highest BCUT2D eigenvalue weighted by Gasteiger charge is 2.19. The van der Waals surface area contributed by atoms with E-state index in [2.05, 4.69) is 27.7 Å². The molecule has 0 heterocycles. The van der Waals surface area contributed by atoms with E-state index in [0.717, 1.165) is 0 Å². The predicted molar refractivity (Wildman–Crippen MR) is 68.1 cm³/mol. The van der Waals surface area contributed by atoms with Gasteiger partial charge < -0.3 is 5.73 Å². The van der Waals surface area contributed by atoms with E-state index in [9.17, 15) is 0 Å². The SMILES string of the molecule is CCCCCCCC(C)C(C)(C)N.Cl. The second-order valence-corrected chi connectivity index (χ2v) is 4.93. The summed E-state index contributed by atoms with van der Waals surface area (Å²) in [5.41, 5.74) is 6.02. The van der Waals surface area contributed by atoms with Crippen molar-refractivity contribution in [2.45, 2.75) is 71.8 Å². The predicted octanol–water partition coefficient (Wildman–Crippen LogP) is 4.14. The van der Waals surface area contributed by atoms with Crippen molar-refractivity contribution in [3.05, 3.63) is 0 Å². The number of hydrogen-bond acceptors (Lipinski definition) is 1. The largest absolute Gasteiger partial charge is 0.325 e. The van der Waals surface area contributed by atoms with Gasteiger partial charge in [0.25, 0.3) is 0 Å². The molecule has 0 aromatic rings. The van der Waals surface area contributed by atoms with Crippen molar-refractivity contribution in [2.24, 2.45) is 11.7 Å². The molecule has 0 aliphatic heterocycles. The van der Waals surface area contributed by atoms with Gasteiger partial charge in [0.15, 0.2) is 0 Å². The lowest BCUT2D eigenvalue weighted by Gasteiger charge is -2.27. The van der Waals surface area contributed by atoms with Crippen LogP contribution in [0.1, 0.15) is 66.2 Å². The molecule has 88 valence electrons. The first-order valence-corrected chi connectivity index (χ1v) is 5.77. The van der Waals surface area contributed by atoms with E-state index in [1.807, 2.05) is 0 Å². The van der Waals surface area contributed by atoms with Crippen LogP contribution in [0.3, 0.4) is 0 Å². The van der Waals surface area contributed by atoms with Crippen LogP contribution < -0.4 is 5.73 Å². The van der Waals surface area contributed by atoms with Crippen molar-refractivity contribution in [3.8, 4) is 0 Å². The Hall–Kier alpha value is 0.250. The van der Waals surface area contributed by atoms with Crippen molar-refractivity contribution in [1.82, 2.24) is 0 Å². The lowest BCUT2D eigenvalue weighted by Crippen LogP contribution is -2.39. The zero-order valence-corrected chi connectivity index (χ0v) is 11.1. The van der Waals surface area contributed by atoms with Crippen molar-refractivity contribution < 1.29 is 0 Å². The van der Waals surface area contributed by atoms with E-state index in [1.54, 1.807) is 0 Å². The molecule has 0 aliphatic carbocycles. The second kappa shape index (κ2) is 8.55. The molecule has 0 amide bonds. The van der Waals surface area contributed by atoms with Crippen LogP contribution in [0.15, 0.2) is 0 Å². The average Bonchev–Trinajstić information content (AvgIpc) is 2.02. The summed E-state index contributed by atoms with van der Waals surface area (Å²) in [7, 11) is 0. The number of rotatable bonds is 7. The first-order chi connectivity index (χ1) is 5.98. The minimum absolute atomic E-state index is 0. The number of halogens is 1. The molecule has 0 radical (unpaired) electrons. The van der Waals surface area contributed by atoms with Gasteiger partial charge in [-0.05, 0) is 26.2 Å². The van der Waals surface area contributed by atoms with Gasteiger partial charge in [-0.15, -0.1) is 12.4 Å². The lowest BCUT2D eigenvalue weighted by atomic mass is 9.86. The molecule has 0 aromatic carbocycles. The van der Waals surface area contributed by atoms with E-state index in [0.29, 0.717) is 5.92 Å². The van der Waals surface area contributed by atoms with Gasteiger partial charge in [0, 0.05) is 5.54 Å². The summed E-state index contributed by atoms with van der Waals surface area (Å²) in [4.78, 5) is 0. The summed E-state index contributed by atoms with van der Waals surface area (Å²) in [6.07, 6.45) is 8.13. The van der Waals surface area contributed by atoms with Gasteiger partial charge >= 0.3 is 0 Å². The number of nitrogens with two attached hydrogens (primary N) is 1. The molecular weight excluding hydrogens is 194 g/mol. The third kappa shape index (κ3) is 8.83. The van der Waals surface area contributed by atoms with Crippen molar-refractivity contribution in [3.63, 3.8) is 0 Å². The Morgan fingerprint density at radius 3 is 2.00 bits per heavy atom. The van der Waals surface area contributed by atoms with Crippen LogP contribution in [-0.2, 0) is 0 Å². The molecule has 0 saturated heterocycles. The Bertz CT molecular complexity index is 118. The topological polar surface area (TPSA) is 26.0 Å². The molecular formula is C12H28ClN. The van der Waals surface area contributed by atoms with Crippen molar-refractivity contribution in [1.29, 1.82) is 0 Å². The van der Waals surface area contributed by atoms with Crippen molar-refractivity contribution >= 4 is 12.4 Å². The third-order valence-electron chi connectivity index (χ3n) is 3.01. The van der Waals surface area contributed by atoms with Crippen LogP contribution in [0, 0.1) is 5.92 Å². The van der Waals surface area contributed by atoms with E-state index in [-0.39, 0.29) is 17.9 Å². The number of unbranched alkanes of at least 4 members (excludes halogenated alkanes) is 4. The van der Waals surface area contributed by atoms with Gasteiger partial charge in [-0.25, -0.2) is 0 Å². The van der Waals surface area contributed by atoms with Crippen LogP contribution >= 0.6 is 12.4 Å². The van der Waals surface area contributed by atoms with E-state index in [4.69, 9.17) is 5.73 Å². The lowest BCUT2D eigenvalue weighted by molar-refractivity contribution is 0.316. The standard InChI is InChI=1S/C12H27N.ClH/c1-5-6-7-8-9-10-11(2)12(3,4)13;/h11H,5-10,13H2,1-4H3;1H. The molecule has 1 nitrogen and oxygen atoms in total. The highest BCUT2D eigenvalue weighted by Crippen LogP contribution is 2.20. The van der Waals surface area contributed by atoms with Crippen LogP contribution in [-0.4, -0.2) is 5.54 Å². The molecule has 14 heavy (non-hydrogen) atoms. The first-order valence-electron chi connectivity index (χ1n) is 5.77. The van der Waals surface area contributed by atoms with Gasteiger partial charge in [0.05, 0.1) is 0 Å². The Morgan fingerprint density at radius 1 is 1.07 bits per heavy atom. The Morgan fingerprint density at radius 2 is 1.57 bits per heavy atom. The van der Waals surface area contributed by atoms with Crippen LogP contribution in [0.4, 0.5) is 0 Å². The first kappa shape index (κ1) is 16.7. The van der Waals surface area contributed by atoms with Gasteiger partial charge in [-0.2, -0.15) is 0 Å². The molecule has 0 spiro atoms. The summed E-state index contributed by atoms with van der Waals surface area (Å²) in [5, 5.41) is 0. The fourth-order valence-electron chi connectivity index (χ4n) is 1.43. The molecule has 2 N–H and O–H groups in total. The van der Waals surface area contributed by atoms with Crippen molar-refractivity contribution in [2.75, 3.05) is 0 Å². The highest BCUT2D eigenvalue weighted by molar-refractivity contribution is 5.85. The molecule has 0 aromatic heterocycles. The summed E-state index contributed by atoms with van der Waals surface area (Å²) in [6.45, 7) is 8.78. The maximum Gasteiger partial charge on any atom is 0.0123 e. The fraction of sp³-hybridized carbons (Fsp3) is 1.00. The van der Waals surface area contributed by atoms with Crippen LogP contribution in [0.2, 0.25) is 0 Å². The summed E-state index contributed by atoms with van der Waals surface area (Å²) >= 11 is 0. The molecule has 1 atom stereocenters. The summed E-state index contributed by atoms with van der Waals surface area (Å²) < 4.78 is 0. The Kier molecular flexibility index (Phi) is 10.2. The highest BCUT2D eigenvalue weighted by atomic mass is 35.5. The zero-order chi connectivity index (χ0) is 10.3. The summed E-state index contributed by atoms with van der Waals surface area (Å²) in [6, 6.07) is 0. The maximum atomic E-state index is 6.02. The average molecular weight is 222 g/mol. The molecule has 0 aliphatic rings. The zero-order valence-electron chi connectivity index (χ0n) is 10.3. The second-order valence-electron chi connectivity index (χ2n) is 4.93. The minimum Gasteiger partial charge on any atom is -0.325 e. The Labute approximate surface area is 96.2 Å². The van der Waals surface area contributed by atoms with Gasteiger partial charge in [-0.3, -0.25) is 0 Å². The molecule has 0 bridgehead atoms. The molecule has 0 rings (SSSR count). The molecule has 0 saturated carbocycles. The number of hydrogen-bond donors (Lipinski definition) is 1. The molecule has 1 unspecified atom stereocenters. The fourth-order valence-corrected chi connectivity index (χ4v) is 1.43. The maximum absolute atomic E-state index is 6.02. The Balaban J connectivity index is 0. The van der Waals surface area contributed by atoms with E-state index in [1.165, 1.54) is 38.5 Å². The van der Waals surface area contributed by atoms with Crippen LogP contribution in [0.25, 0.3) is 0 Å². The van der Waals surface area contributed by atoms with E-state index < -0.39 is 0 Å². The van der Waals surface area contributed by atoms with Gasteiger partial charge in [-0.1, -0.05) is 46.0 Å². The third-order valence-corrected chi connectivity index (χ3v) is 3.01. The van der Waals surface area contributed by atoms with Gasteiger partial charge in [0.1, 0.15) is 0 Å². The quantitative estimate of drug-likeness (QED) is 0.643. The minimum atomic E-state index is 0. The molecule has 2 heteroatoms. The molecule has 0 fully saturated rings. The van der Waals surface area contributed by atoms with E-state index >= 15 is 0 Å². The van der Waals surface area contributed by atoms with Gasteiger partial charge in [0.2, 0.25) is 0 Å². The normalized spacial score (nSPS) is 13.5. The van der Waals surface area contributed by atoms with Crippen LogP contribution in [0.5, 0.6) is 0 Å². The summed E-state index contributed by atoms with van der Waals surface area (Å²) in [5.74, 6) is 0.647. The smallest absolute Gasteiger partial charge is 0.0123 e. The monoisotopic (exact) mass is 221 g/mol.